The number of hydrogen-bond acceptors (Lipinski definition) is 7. The van der Waals surface area contributed by atoms with Crippen molar-refractivity contribution in [3.63, 3.8) is 0 Å². The summed E-state index contributed by atoms with van der Waals surface area (Å²) in [5.74, 6) is 0. The zero-order valence-electron chi connectivity index (χ0n) is 24.3. The molecule has 2 aliphatic heterocycles. The number of hydrogen-bond donors (Lipinski definition) is 2. The van der Waals surface area contributed by atoms with Gasteiger partial charge in [-0.1, -0.05) is 73.9 Å². The van der Waals surface area contributed by atoms with Crippen molar-refractivity contribution in [2.24, 2.45) is 0 Å². The fourth-order valence-electron chi connectivity index (χ4n) is 6.07. The van der Waals surface area contributed by atoms with Crippen molar-refractivity contribution in [3.8, 4) is 0 Å². The predicted molar refractivity (Wildman–Crippen MR) is 167 cm³/mol. The molecule has 1 aromatic heterocycles. The minimum atomic E-state index is -3.91. The summed E-state index contributed by atoms with van der Waals surface area (Å²) in [6, 6.07) is 23.9. The number of ether oxygens (including phenoxy) is 2. The number of rotatable bonds is 8. The molecular weight excluding hydrogens is 562 g/mol. The van der Waals surface area contributed by atoms with Gasteiger partial charge in [-0.2, -0.15) is 0 Å². The monoisotopic (exact) mass is 601 g/mol. The van der Waals surface area contributed by atoms with Crippen molar-refractivity contribution in [2.45, 2.75) is 68.5 Å². The zero-order chi connectivity index (χ0) is 29.6. The highest BCUT2D eigenvalue weighted by atomic mass is 32.2. The van der Waals surface area contributed by atoms with Crippen LogP contribution < -0.4 is 4.72 Å². The molecule has 6 rings (SSSR count). The summed E-state index contributed by atoms with van der Waals surface area (Å²) >= 11 is 0. The van der Waals surface area contributed by atoms with Crippen LogP contribution in [0.2, 0.25) is 0 Å². The number of aromatic nitrogens is 1. The Morgan fingerprint density at radius 3 is 2.40 bits per heavy atom. The van der Waals surface area contributed by atoms with Crippen LogP contribution in [-0.2, 0) is 26.1 Å². The lowest BCUT2D eigenvalue weighted by atomic mass is 9.99. The number of aliphatic hydroxyl groups is 1. The number of aliphatic hydroxyl groups excluding tert-OH is 1. The molecule has 3 aromatic carbocycles. The molecule has 3 atom stereocenters. The second-order valence-electron chi connectivity index (χ2n) is 11.5. The normalized spacial score (nSPS) is 22.1. The molecule has 0 aliphatic carbocycles. The molecule has 3 heterocycles. The molecule has 0 bridgehead atoms. The van der Waals surface area contributed by atoms with Gasteiger partial charge in [0.15, 0.2) is 6.29 Å². The minimum absolute atomic E-state index is 0.00728. The highest BCUT2D eigenvalue weighted by molar-refractivity contribution is 7.93. The van der Waals surface area contributed by atoms with Crippen LogP contribution in [-0.4, -0.2) is 49.1 Å². The van der Waals surface area contributed by atoms with Crippen LogP contribution in [0.3, 0.4) is 0 Å². The first-order valence-electron chi connectivity index (χ1n) is 15.2. The molecule has 2 fully saturated rings. The second-order valence-corrected chi connectivity index (χ2v) is 13.1. The number of nitrogens with one attached hydrogen (secondary N) is 1. The molecule has 9 heteroatoms. The van der Waals surface area contributed by atoms with Crippen LogP contribution in [0.15, 0.2) is 90.0 Å². The van der Waals surface area contributed by atoms with Gasteiger partial charge in [0, 0.05) is 35.8 Å². The molecule has 2 N–H and O–H groups in total. The molecule has 0 radical (unpaired) electrons. The third-order valence-corrected chi connectivity index (χ3v) is 9.73. The fraction of sp³-hybridized carbons (Fsp3) is 0.382. The Balaban J connectivity index is 1.25. The molecule has 3 unspecified atom stereocenters. The van der Waals surface area contributed by atoms with Crippen molar-refractivity contribution in [1.29, 1.82) is 0 Å². The van der Waals surface area contributed by atoms with Crippen LogP contribution >= 0.6 is 0 Å². The topological polar surface area (TPSA) is 101 Å². The molecule has 0 spiro atoms. The van der Waals surface area contributed by atoms with E-state index in [2.05, 4.69) is 14.6 Å². The van der Waals surface area contributed by atoms with E-state index in [1.807, 2.05) is 48.5 Å². The van der Waals surface area contributed by atoms with Gasteiger partial charge >= 0.3 is 0 Å². The summed E-state index contributed by atoms with van der Waals surface area (Å²) in [7, 11) is -3.91. The molecule has 43 heavy (non-hydrogen) atoms. The third-order valence-electron chi connectivity index (χ3n) is 8.32. The summed E-state index contributed by atoms with van der Waals surface area (Å²) in [6.45, 7) is 2.96. The van der Waals surface area contributed by atoms with Crippen molar-refractivity contribution < 1.29 is 23.0 Å². The number of likely N-dealkylation sites (tertiary alicyclic amines) is 1. The number of anilines is 1. The van der Waals surface area contributed by atoms with E-state index in [1.54, 1.807) is 36.5 Å². The standard InChI is InChI=1S/C34H39N3O5S/c38-24-25-14-16-26(17-15-25)31-22-30(23-37-19-4-2-1-3-5-20-37)41-34(42-31)28-10-6-12-29(21-28)36-43(39,40)32-13-7-9-27-11-8-18-35-33(27)32/h6-18,21,30-31,34,36,38H,1-5,19-20,22-24H2. The SMILES string of the molecule is O=S(=O)(Nc1cccc(C2OC(CN3CCCCCCC3)CC(c3ccc(CO)cc3)O2)c1)c1cccc2cccnc12. The van der Waals surface area contributed by atoms with Crippen LogP contribution in [0, 0.1) is 0 Å². The van der Waals surface area contributed by atoms with E-state index in [0.29, 0.717) is 17.6 Å². The van der Waals surface area contributed by atoms with E-state index in [4.69, 9.17) is 9.47 Å². The van der Waals surface area contributed by atoms with Gasteiger partial charge in [0.1, 0.15) is 4.90 Å². The number of fused-ring (bicyclic) bond motifs is 1. The van der Waals surface area contributed by atoms with Gasteiger partial charge in [-0.3, -0.25) is 9.71 Å². The molecule has 0 saturated carbocycles. The van der Waals surface area contributed by atoms with E-state index in [9.17, 15) is 13.5 Å². The van der Waals surface area contributed by atoms with Crippen LogP contribution in [0.4, 0.5) is 5.69 Å². The fourth-order valence-corrected chi connectivity index (χ4v) is 7.30. The first-order valence-corrected chi connectivity index (χ1v) is 16.7. The van der Waals surface area contributed by atoms with Crippen LogP contribution in [0.5, 0.6) is 0 Å². The Hall–Kier alpha value is -3.34. The Bertz CT molecular complexity index is 1620. The van der Waals surface area contributed by atoms with Gasteiger partial charge in [-0.05, 0) is 61.3 Å². The van der Waals surface area contributed by atoms with Gasteiger partial charge in [0.05, 0.1) is 24.3 Å². The predicted octanol–water partition coefficient (Wildman–Crippen LogP) is 6.34. The van der Waals surface area contributed by atoms with Gasteiger partial charge in [0.2, 0.25) is 0 Å². The molecule has 4 aromatic rings. The summed E-state index contributed by atoms with van der Waals surface area (Å²) in [5, 5.41) is 10.3. The Morgan fingerprint density at radius 1 is 0.860 bits per heavy atom. The van der Waals surface area contributed by atoms with Gasteiger partial charge in [-0.15, -0.1) is 0 Å². The maximum absolute atomic E-state index is 13.5. The molecule has 2 aliphatic rings. The van der Waals surface area contributed by atoms with Crippen molar-refractivity contribution in [2.75, 3.05) is 24.4 Å². The highest BCUT2D eigenvalue weighted by Gasteiger charge is 2.33. The summed E-state index contributed by atoms with van der Waals surface area (Å²) < 4.78 is 42.8. The average molecular weight is 602 g/mol. The van der Waals surface area contributed by atoms with E-state index in [1.165, 1.54) is 32.1 Å². The van der Waals surface area contributed by atoms with Crippen LogP contribution in [0.25, 0.3) is 10.9 Å². The minimum Gasteiger partial charge on any atom is -0.392 e. The van der Waals surface area contributed by atoms with E-state index >= 15 is 0 Å². The molecular formula is C34H39N3O5S. The van der Waals surface area contributed by atoms with Gasteiger partial charge < -0.3 is 19.5 Å². The van der Waals surface area contributed by atoms with Gasteiger partial charge in [0.25, 0.3) is 10.0 Å². The maximum Gasteiger partial charge on any atom is 0.264 e. The van der Waals surface area contributed by atoms with E-state index in [-0.39, 0.29) is 23.7 Å². The summed E-state index contributed by atoms with van der Waals surface area (Å²) in [4.78, 5) is 6.96. The molecule has 2 saturated heterocycles. The lowest BCUT2D eigenvalue weighted by molar-refractivity contribution is -0.253. The van der Waals surface area contributed by atoms with Crippen molar-refractivity contribution >= 4 is 26.6 Å². The maximum atomic E-state index is 13.5. The molecule has 0 amide bonds. The largest absolute Gasteiger partial charge is 0.392 e. The number of sulfonamides is 1. The highest BCUT2D eigenvalue weighted by Crippen LogP contribution is 2.39. The summed E-state index contributed by atoms with van der Waals surface area (Å²) in [6.07, 6.45) is 7.64. The first kappa shape index (κ1) is 29.7. The van der Waals surface area contributed by atoms with Crippen molar-refractivity contribution in [3.05, 3.63) is 102 Å². The number of pyridine rings is 1. The third kappa shape index (κ3) is 7.25. The zero-order valence-corrected chi connectivity index (χ0v) is 25.1. The average Bonchev–Trinajstić information content (AvgIpc) is 3.02. The Labute approximate surface area is 253 Å². The van der Waals surface area contributed by atoms with Crippen LogP contribution in [0.1, 0.15) is 67.6 Å². The Morgan fingerprint density at radius 2 is 1.60 bits per heavy atom. The van der Waals surface area contributed by atoms with E-state index in [0.717, 1.165) is 41.7 Å². The van der Waals surface area contributed by atoms with Crippen molar-refractivity contribution in [1.82, 2.24) is 9.88 Å². The molecule has 226 valence electrons. The smallest absolute Gasteiger partial charge is 0.264 e. The molecule has 8 nitrogen and oxygen atoms in total. The Kier molecular flexibility index (Phi) is 9.35. The summed E-state index contributed by atoms with van der Waals surface area (Å²) in [5.41, 5.74) is 3.47. The first-order chi connectivity index (χ1) is 21.0. The second kappa shape index (κ2) is 13.5. The number of nitrogens with zero attached hydrogens (tertiary/aromatic N) is 2. The number of para-hydroxylation sites is 1. The van der Waals surface area contributed by atoms with E-state index < -0.39 is 16.3 Å². The lowest BCUT2D eigenvalue weighted by Crippen LogP contribution is -2.40. The van der Waals surface area contributed by atoms with Gasteiger partial charge in [-0.25, -0.2) is 8.42 Å². The number of benzene rings is 3. The quantitative estimate of drug-likeness (QED) is 0.243. The lowest BCUT2D eigenvalue weighted by Gasteiger charge is -2.39.